The fraction of sp³-hybridized carbons (Fsp3) is 0.176. The summed E-state index contributed by atoms with van der Waals surface area (Å²) in [5, 5.41) is 16.5. The van der Waals surface area contributed by atoms with E-state index in [4.69, 9.17) is 5.11 Å². The third-order valence-electron chi connectivity index (χ3n) is 3.18. The van der Waals surface area contributed by atoms with Gasteiger partial charge in [0.1, 0.15) is 5.82 Å². The molecule has 6 nitrogen and oxygen atoms in total. The normalized spacial score (nSPS) is 10.2. The van der Waals surface area contributed by atoms with E-state index in [0.29, 0.717) is 28.8 Å². The summed E-state index contributed by atoms with van der Waals surface area (Å²) in [7, 11) is 0. The zero-order valence-electron chi connectivity index (χ0n) is 13.2. The van der Waals surface area contributed by atoms with Crippen LogP contribution in [-0.4, -0.2) is 30.2 Å². The van der Waals surface area contributed by atoms with Gasteiger partial charge in [0.05, 0.1) is 11.3 Å². The van der Waals surface area contributed by atoms with Crippen LogP contribution < -0.4 is 16.0 Å². The molecule has 0 atom stereocenters. The van der Waals surface area contributed by atoms with Crippen LogP contribution in [0.2, 0.25) is 0 Å². The lowest BCUT2D eigenvalue weighted by molar-refractivity contribution is 0.0952. The number of carbonyl (C=O) groups excluding carboxylic acids is 2. The molecule has 0 aliphatic heterocycles. The van der Waals surface area contributed by atoms with Crippen LogP contribution in [-0.2, 0) is 0 Å². The van der Waals surface area contributed by atoms with Gasteiger partial charge in [-0.25, -0.2) is 9.18 Å². The van der Waals surface area contributed by atoms with E-state index >= 15 is 0 Å². The maximum Gasteiger partial charge on any atom is 0.323 e. The van der Waals surface area contributed by atoms with Crippen molar-refractivity contribution in [1.29, 1.82) is 0 Å². The Morgan fingerprint density at radius 1 is 1.12 bits per heavy atom. The second kappa shape index (κ2) is 9.14. The predicted molar refractivity (Wildman–Crippen MR) is 97.2 cm³/mol. The van der Waals surface area contributed by atoms with Gasteiger partial charge in [-0.15, -0.1) is 0 Å². The molecule has 0 spiro atoms. The van der Waals surface area contributed by atoms with Crippen LogP contribution in [0.3, 0.4) is 0 Å². The first kappa shape index (κ1) is 18.9. The van der Waals surface area contributed by atoms with Crippen molar-refractivity contribution in [3.8, 4) is 0 Å². The van der Waals surface area contributed by atoms with Gasteiger partial charge >= 0.3 is 6.03 Å². The molecule has 0 unspecified atom stereocenters. The number of nitrogens with one attached hydrogen (secondary N) is 3. The molecule has 0 saturated carbocycles. The molecule has 8 heteroatoms. The fourth-order valence-corrected chi connectivity index (χ4v) is 2.41. The maximum absolute atomic E-state index is 13.2. The zero-order valence-corrected chi connectivity index (χ0v) is 14.8. The Kier molecular flexibility index (Phi) is 6.91. The van der Waals surface area contributed by atoms with Crippen molar-refractivity contribution in [2.45, 2.75) is 6.42 Å². The van der Waals surface area contributed by atoms with E-state index in [0.717, 1.165) is 0 Å². The number of hydrogen-bond donors (Lipinski definition) is 4. The number of rotatable bonds is 6. The summed E-state index contributed by atoms with van der Waals surface area (Å²) in [4.78, 5) is 24.3. The van der Waals surface area contributed by atoms with Gasteiger partial charge in [0, 0.05) is 23.3 Å². The minimum absolute atomic E-state index is 0.0260. The first-order valence-electron chi connectivity index (χ1n) is 7.52. The Hall–Kier alpha value is -2.45. The molecule has 0 aliphatic rings. The van der Waals surface area contributed by atoms with Gasteiger partial charge in [-0.2, -0.15) is 0 Å². The van der Waals surface area contributed by atoms with Crippen molar-refractivity contribution in [1.82, 2.24) is 5.32 Å². The lowest BCUT2D eigenvalue weighted by Gasteiger charge is -2.13. The smallest absolute Gasteiger partial charge is 0.323 e. The first-order valence-corrected chi connectivity index (χ1v) is 8.31. The van der Waals surface area contributed by atoms with Crippen LogP contribution in [0.5, 0.6) is 0 Å². The monoisotopic (exact) mass is 409 g/mol. The molecule has 0 radical (unpaired) electrons. The van der Waals surface area contributed by atoms with Gasteiger partial charge in [-0.05, 0) is 42.8 Å². The highest BCUT2D eigenvalue weighted by Gasteiger charge is 2.14. The second-order valence-corrected chi connectivity index (χ2v) is 6.03. The maximum atomic E-state index is 13.2. The molecule has 0 fully saturated rings. The molecule has 132 valence electrons. The van der Waals surface area contributed by atoms with Crippen molar-refractivity contribution in [2.75, 3.05) is 23.8 Å². The molecule has 0 saturated heterocycles. The average molecular weight is 410 g/mol. The summed E-state index contributed by atoms with van der Waals surface area (Å²) in [5.74, 6) is -0.841. The number of aliphatic hydroxyl groups excluding tert-OH is 1. The summed E-state index contributed by atoms with van der Waals surface area (Å²) < 4.78 is 13.8. The lowest BCUT2D eigenvalue weighted by Crippen LogP contribution is -2.27. The number of hydrogen-bond acceptors (Lipinski definition) is 3. The van der Waals surface area contributed by atoms with Crippen molar-refractivity contribution in [2.24, 2.45) is 0 Å². The minimum Gasteiger partial charge on any atom is -0.396 e. The first-order chi connectivity index (χ1) is 12.0. The summed E-state index contributed by atoms with van der Waals surface area (Å²) >= 11 is 3.29. The van der Waals surface area contributed by atoms with E-state index in [2.05, 4.69) is 31.9 Å². The lowest BCUT2D eigenvalue weighted by atomic mass is 10.1. The van der Waals surface area contributed by atoms with E-state index in [-0.39, 0.29) is 18.1 Å². The van der Waals surface area contributed by atoms with Gasteiger partial charge in [0.2, 0.25) is 0 Å². The topological polar surface area (TPSA) is 90.5 Å². The van der Waals surface area contributed by atoms with Crippen LogP contribution in [0.1, 0.15) is 16.8 Å². The van der Waals surface area contributed by atoms with Gasteiger partial charge in [0.25, 0.3) is 5.91 Å². The summed E-state index contributed by atoms with van der Waals surface area (Å²) in [6.45, 7) is 0.294. The Labute approximate surface area is 152 Å². The van der Waals surface area contributed by atoms with Gasteiger partial charge < -0.3 is 21.1 Å². The molecular formula is C17H17BrFN3O3. The second-order valence-electron chi connectivity index (χ2n) is 5.11. The number of benzene rings is 2. The Balaban J connectivity index is 2.10. The van der Waals surface area contributed by atoms with E-state index in [1.807, 2.05) is 0 Å². The molecule has 2 aromatic carbocycles. The van der Waals surface area contributed by atoms with E-state index in [9.17, 15) is 14.0 Å². The van der Waals surface area contributed by atoms with Gasteiger partial charge in [-0.1, -0.05) is 22.0 Å². The largest absolute Gasteiger partial charge is 0.396 e. The van der Waals surface area contributed by atoms with Gasteiger partial charge in [-0.3, -0.25) is 4.79 Å². The van der Waals surface area contributed by atoms with Crippen LogP contribution in [0, 0.1) is 5.82 Å². The highest BCUT2D eigenvalue weighted by atomic mass is 79.9. The molecule has 3 amide bonds. The van der Waals surface area contributed by atoms with Crippen LogP contribution in [0.15, 0.2) is 46.9 Å². The third kappa shape index (κ3) is 5.84. The zero-order chi connectivity index (χ0) is 18.2. The number of aliphatic hydroxyl groups is 1. The third-order valence-corrected chi connectivity index (χ3v) is 3.67. The highest BCUT2D eigenvalue weighted by molar-refractivity contribution is 9.10. The molecule has 25 heavy (non-hydrogen) atoms. The Morgan fingerprint density at radius 3 is 2.64 bits per heavy atom. The number of amides is 3. The number of carbonyl (C=O) groups is 2. The van der Waals surface area contributed by atoms with Crippen molar-refractivity contribution in [3.63, 3.8) is 0 Å². The van der Waals surface area contributed by atoms with Crippen LogP contribution >= 0.6 is 15.9 Å². The molecule has 0 aliphatic carbocycles. The predicted octanol–water partition coefficient (Wildman–Crippen LogP) is 3.34. The molecule has 0 bridgehead atoms. The quantitative estimate of drug-likeness (QED) is 0.551. The number of anilines is 2. The average Bonchev–Trinajstić information content (AvgIpc) is 2.55. The Morgan fingerprint density at radius 2 is 1.92 bits per heavy atom. The number of urea groups is 1. The van der Waals surface area contributed by atoms with E-state index < -0.39 is 11.8 Å². The minimum atomic E-state index is -0.604. The molecule has 2 rings (SSSR count). The van der Waals surface area contributed by atoms with Crippen molar-refractivity contribution < 1.29 is 19.1 Å². The fourth-order valence-electron chi connectivity index (χ4n) is 2.04. The van der Waals surface area contributed by atoms with E-state index in [1.54, 1.807) is 24.3 Å². The van der Waals surface area contributed by atoms with Gasteiger partial charge in [0.15, 0.2) is 0 Å². The number of halogens is 2. The summed E-state index contributed by atoms with van der Waals surface area (Å²) in [6.07, 6.45) is 0.436. The molecule has 2 aromatic rings. The molecule has 0 heterocycles. The van der Waals surface area contributed by atoms with Crippen LogP contribution in [0.25, 0.3) is 0 Å². The standard InChI is InChI=1S/C17H17BrFN3O3/c18-11-5-6-14(16(24)20-7-2-8-23)15(9-11)22-17(25)21-13-4-1-3-12(19)10-13/h1,3-6,9-10,23H,2,7-8H2,(H,20,24)(H2,21,22,25). The summed E-state index contributed by atoms with van der Waals surface area (Å²) in [6, 6.07) is 9.71. The molecular weight excluding hydrogens is 393 g/mol. The van der Waals surface area contributed by atoms with Crippen molar-refractivity contribution in [3.05, 3.63) is 58.3 Å². The molecule has 0 aromatic heterocycles. The Bertz CT molecular complexity index is 771. The van der Waals surface area contributed by atoms with E-state index in [1.165, 1.54) is 18.2 Å². The van der Waals surface area contributed by atoms with Crippen molar-refractivity contribution >= 4 is 39.2 Å². The highest BCUT2D eigenvalue weighted by Crippen LogP contribution is 2.22. The van der Waals surface area contributed by atoms with Crippen LogP contribution in [0.4, 0.5) is 20.6 Å². The SMILES string of the molecule is O=C(Nc1cccc(F)c1)Nc1cc(Br)ccc1C(=O)NCCCO. The molecule has 4 N–H and O–H groups in total. The summed E-state index contributed by atoms with van der Waals surface area (Å²) in [5.41, 5.74) is 0.863.